The van der Waals surface area contributed by atoms with E-state index in [1.54, 1.807) is 14.2 Å². The van der Waals surface area contributed by atoms with Gasteiger partial charge in [-0.05, 0) is 31.4 Å². The predicted molar refractivity (Wildman–Crippen MR) is 93.8 cm³/mol. The molecule has 1 N–H and O–H groups in total. The monoisotopic (exact) mass is 307 g/mol. The topological polar surface area (TPSA) is 30.5 Å². The molecule has 0 amide bonds. The molecule has 0 saturated heterocycles. The van der Waals surface area contributed by atoms with Gasteiger partial charge in [0.15, 0.2) is 0 Å². The molecule has 1 rings (SSSR count). The lowest BCUT2D eigenvalue weighted by atomic mass is 9.94. The lowest BCUT2D eigenvalue weighted by Crippen LogP contribution is -2.16. The Morgan fingerprint density at radius 3 is 2.45 bits per heavy atom. The van der Waals surface area contributed by atoms with Crippen molar-refractivity contribution in [3.05, 3.63) is 23.8 Å². The van der Waals surface area contributed by atoms with E-state index in [1.807, 2.05) is 12.1 Å². The molecule has 0 aliphatic rings. The number of unbranched alkanes of at least 4 members (excludes halogenated alkanes) is 1. The summed E-state index contributed by atoms with van der Waals surface area (Å²) < 4.78 is 10.6. The van der Waals surface area contributed by atoms with Gasteiger partial charge in [0.1, 0.15) is 11.5 Å². The summed E-state index contributed by atoms with van der Waals surface area (Å²) in [5, 5.41) is 3.53. The van der Waals surface area contributed by atoms with Gasteiger partial charge < -0.3 is 14.8 Å². The smallest absolute Gasteiger partial charge is 0.127 e. The molecule has 0 heterocycles. The van der Waals surface area contributed by atoms with Gasteiger partial charge >= 0.3 is 0 Å². The van der Waals surface area contributed by atoms with Gasteiger partial charge in [0.05, 0.1) is 14.2 Å². The van der Waals surface area contributed by atoms with Crippen LogP contribution in [-0.4, -0.2) is 20.8 Å². The minimum atomic E-state index is 0.835. The largest absolute Gasteiger partial charge is 0.497 e. The molecule has 3 heteroatoms. The molecule has 1 unspecified atom stereocenters. The third kappa shape index (κ3) is 6.69. The number of rotatable bonds is 12. The molecule has 0 fully saturated rings. The highest BCUT2D eigenvalue weighted by Crippen LogP contribution is 2.24. The molecular formula is C19H33NO2. The molecule has 0 aliphatic carbocycles. The van der Waals surface area contributed by atoms with Crippen LogP contribution in [0, 0.1) is 5.92 Å². The minimum absolute atomic E-state index is 0.835. The summed E-state index contributed by atoms with van der Waals surface area (Å²) in [5.74, 6) is 2.63. The fraction of sp³-hybridized carbons (Fsp3) is 0.684. The Labute approximate surface area is 136 Å². The van der Waals surface area contributed by atoms with E-state index >= 15 is 0 Å². The average molecular weight is 307 g/mol. The Bertz CT molecular complexity index is 406. The van der Waals surface area contributed by atoms with Crippen LogP contribution in [0.1, 0.15) is 57.9 Å². The van der Waals surface area contributed by atoms with Crippen molar-refractivity contribution >= 4 is 0 Å². The molecule has 1 aromatic carbocycles. The van der Waals surface area contributed by atoms with Crippen molar-refractivity contribution in [2.75, 3.05) is 20.8 Å². The van der Waals surface area contributed by atoms with Crippen molar-refractivity contribution in [3.63, 3.8) is 0 Å². The molecule has 0 aliphatic heterocycles. The number of benzene rings is 1. The quantitative estimate of drug-likeness (QED) is 0.563. The second kappa shape index (κ2) is 11.4. The van der Waals surface area contributed by atoms with Gasteiger partial charge in [0, 0.05) is 18.2 Å². The zero-order valence-electron chi connectivity index (χ0n) is 14.8. The first kappa shape index (κ1) is 18.8. The minimum Gasteiger partial charge on any atom is -0.497 e. The van der Waals surface area contributed by atoms with E-state index in [4.69, 9.17) is 9.47 Å². The van der Waals surface area contributed by atoms with Gasteiger partial charge in [-0.15, -0.1) is 0 Å². The van der Waals surface area contributed by atoms with Crippen LogP contribution in [0.2, 0.25) is 0 Å². The number of hydrogen-bond acceptors (Lipinski definition) is 3. The van der Waals surface area contributed by atoms with E-state index in [2.05, 4.69) is 25.2 Å². The first-order valence-corrected chi connectivity index (χ1v) is 8.66. The standard InChI is InChI=1S/C19H33NO2/c1-5-7-9-16(6-2)10-8-13-20-15-17-11-12-18(21-3)14-19(17)22-4/h11-12,14,16,20H,5-10,13,15H2,1-4H3. The summed E-state index contributed by atoms with van der Waals surface area (Å²) in [6.45, 7) is 6.50. The summed E-state index contributed by atoms with van der Waals surface area (Å²) in [6.07, 6.45) is 7.97. The van der Waals surface area contributed by atoms with Crippen LogP contribution in [-0.2, 0) is 6.54 Å². The zero-order valence-corrected chi connectivity index (χ0v) is 14.8. The fourth-order valence-corrected chi connectivity index (χ4v) is 2.78. The van der Waals surface area contributed by atoms with E-state index in [0.29, 0.717) is 0 Å². The van der Waals surface area contributed by atoms with E-state index in [-0.39, 0.29) is 0 Å². The SMILES string of the molecule is CCCCC(CC)CCCNCc1ccc(OC)cc1OC. The van der Waals surface area contributed by atoms with Gasteiger partial charge in [0.25, 0.3) is 0 Å². The first-order valence-electron chi connectivity index (χ1n) is 8.66. The molecule has 22 heavy (non-hydrogen) atoms. The average Bonchev–Trinajstić information content (AvgIpc) is 2.57. The summed E-state index contributed by atoms with van der Waals surface area (Å²) >= 11 is 0. The number of nitrogens with one attached hydrogen (secondary N) is 1. The first-order chi connectivity index (χ1) is 10.7. The van der Waals surface area contributed by atoms with Crippen molar-refractivity contribution in [1.29, 1.82) is 0 Å². The molecule has 0 spiro atoms. The maximum Gasteiger partial charge on any atom is 0.127 e. The highest BCUT2D eigenvalue weighted by Gasteiger charge is 2.06. The summed E-state index contributed by atoms with van der Waals surface area (Å²) in [4.78, 5) is 0. The molecule has 1 atom stereocenters. The van der Waals surface area contributed by atoms with Crippen LogP contribution < -0.4 is 14.8 Å². The second-order valence-corrected chi connectivity index (χ2v) is 5.91. The van der Waals surface area contributed by atoms with Gasteiger partial charge in [0.2, 0.25) is 0 Å². The van der Waals surface area contributed by atoms with E-state index < -0.39 is 0 Å². The summed E-state index contributed by atoms with van der Waals surface area (Å²) in [7, 11) is 3.38. The van der Waals surface area contributed by atoms with Crippen LogP contribution >= 0.6 is 0 Å². The molecule has 0 aromatic heterocycles. The van der Waals surface area contributed by atoms with Crippen molar-refractivity contribution in [2.24, 2.45) is 5.92 Å². The van der Waals surface area contributed by atoms with Crippen molar-refractivity contribution in [1.82, 2.24) is 5.32 Å². The highest BCUT2D eigenvalue weighted by atomic mass is 16.5. The molecule has 3 nitrogen and oxygen atoms in total. The number of ether oxygens (including phenoxy) is 2. The maximum absolute atomic E-state index is 5.42. The van der Waals surface area contributed by atoms with Crippen LogP contribution in [0.5, 0.6) is 11.5 Å². The third-order valence-corrected chi connectivity index (χ3v) is 4.32. The van der Waals surface area contributed by atoms with Crippen LogP contribution in [0.15, 0.2) is 18.2 Å². The van der Waals surface area contributed by atoms with Gasteiger partial charge in [-0.3, -0.25) is 0 Å². The molecule has 0 saturated carbocycles. The lowest BCUT2D eigenvalue weighted by Gasteiger charge is -2.15. The molecule has 1 aromatic rings. The molecule has 0 radical (unpaired) electrons. The van der Waals surface area contributed by atoms with Gasteiger partial charge in [-0.25, -0.2) is 0 Å². The number of hydrogen-bond donors (Lipinski definition) is 1. The van der Waals surface area contributed by atoms with Crippen LogP contribution in [0.25, 0.3) is 0 Å². The molecule has 0 bridgehead atoms. The van der Waals surface area contributed by atoms with E-state index in [9.17, 15) is 0 Å². The molecular weight excluding hydrogens is 274 g/mol. The Balaban J connectivity index is 2.29. The Morgan fingerprint density at radius 1 is 1.05 bits per heavy atom. The van der Waals surface area contributed by atoms with Gasteiger partial charge in [-0.2, -0.15) is 0 Å². The van der Waals surface area contributed by atoms with Gasteiger partial charge in [-0.1, -0.05) is 45.6 Å². The van der Waals surface area contributed by atoms with Crippen molar-refractivity contribution in [2.45, 2.75) is 58.9 Å². The maximum atomic E-state index is 5.42. The highest BCUT2D eigenvalue weighted by molar-refractivity contribution is 5.40. The molecule has 126 valence electrons. The number of methoxy groups -OCH3 is 2. The zero-order chi connectivity index (χ0) is 16.2. The Kier molecular flexibility index (Phi) is 9.72. The Morgan fingerprint density at radius 2 is 1.82 bits per heavy atom. The van der Waals surface area contributed by atoms with Crippen molar-refractivity contribution in [3.8, 4) is 11.5 Å². The Hall–Kier alpha value is -1.22. The van der Waals surface area contributed by atoms with Crippen LogP contribution in [0.3, 0.4) is 0 Å². The third-order valence-electron chi connectivity index (χ3n) is 4.32. The summed E-state index contributed by atoms with van der Waals surface area (Å²) in [6, 6.07) is 5.99. The normalized spacial score (nSPS) is 12.2. The van der Waals surface area contributed by atoms with Crippen LogP contribution in [0.4, 0.5) is 0 Å². The van der Waals surface area contributed by atoms with E-state index in [1.165, 1.54) is 44.1 Å². The van der Waals surface area contributed by atoms with Crippen molar-refractivity contribution < 1.29 is 9.47 Å². The summed E-state index contributed by atoms with van der Waals surface area (Å²) in [5.41, 5.74) is 1.18. The lowest BCUT2D eigenvalue weighted by molar-refractivity contribution is 0.388. The second-order valence-electron chi connectivity index (χ2n) is 5.91. The predicted octanol–water partition coefficient (Wildman–Crippen LogP) is 4.79. The van der Waals surface area contributed by atoms with E-state index in [0.717, 1.165) is 30.5 Å². The fourth-order valence-electron chi connectivity index (χ4n) is 2.78.